The third-order valence-corrected chi connectivity index (χ3v) is 6.86. The molecule has 2 heterocycles. The summed E-state index contributed by atoms with van der Waals surface area (Å²) < 4.78 is 65.4. The van der Waals surface area contributed by atoms with Gasteiger partial charge >= 0.3 is 6.18 Å². The Bertz CT molecular complexity index is 943. The molecule has 2 aliphatic carbocycles. The first-order valence-corrected chi connectivity index (χ1v) is 10.0. The molecule has 2 fully saturated rings. The Morgan fingerprint density at radius 1 is 1.33 bits per heavy atom. The average Bonchev–Trinajstić information content (AvgIpc) is 3.50. The number of hydrogen-bond acceptors (Lipinski definition) is 7. The maximum Gasteiger partial charge on any atom is 0.421 e. The average molecular weight is 404 g/mol. The van der Waals surface area contributed by atoms with Gasteiger partial charge in [-0.2, -0.15) is 22.4 Å². The van der Waals surface area contributed by atoms with E-state index in [4.69, 9.17) is 5.73 Å². The highest BCUT2D eigenvalue weighted by atomic mass is 32.2. The SMILES string of the molecule is CNC1=C(C(F)(F)F)C=NC(N)(c2cn(S(=O)(=O)C3CC3)nc2C2CC2)N1. The van der Waals surface area contributed by atoms with Crippen LogP contribution in [0.1, 0.15) is 42.9 Å². The van der Waals surface area contributed by atoms with Crippen molar-refractivity contribution in [3.63, 3.8) is 0 Å². The molecule has 1 aromatic heterocycles. The van der Waals surface area contributed by atoms with E-state index in [1.54, 1.807) is 0 Å². The van der Waals surface area contributed by atoms with Crippen LogP contribution in [0, 0.1) is 0 Å². The Morgan fingerprint density at radius 3 is 2.52 bits per heavy atom. The number of alkyl halides is 3. The first kappa shape index (κ1) is 18.3. The standard InChI is InChI=1S/C15H19F3N6O2S/c1-20-13-10(14(16,17)18)6-21-15(19,22-13)11-7-24(23-12(11)8-2-3-8)27(25,26)9-4-5-9/h6-9,20,22H,2-5,19H2,1H3. The zero-order valence-corrected chi connectivity index (χ0v) is 15.2. The molecule has 148 valence electrons. The van der Waals surface area contributed by atoms with Gasteiger partial charge in [0, 0.05) is 19.2 Å². The van der Waals surface area contributed by atoms with E-state index in [1.807, 2.05) is 0 Å². The molecular weight excluding hydrogens is 385 g/mol. The first-order valence-electron chi connectivity index (χ1n) is 8.52. The smallest absolute Gasteiger partial charge is 0.374 e. The second-order valence-electron chi connectivity index (χ2n) is 7.01. The fourth-order valence-corrected chi connectivity index (χ4v) is 4.53. The number of aromatic nitrogens is 2. The van der Waals surface area contributed by atoms with Gasteiger partial charge in [-0.15, -0.1) is 0 Å². The number of allylic oxidation sites excluding steroid dienone is 1. The van der Waals surface area contributed by atoms with Gasteiger partial charge in [-0.25, -0.2) is 13.4 Å². The minimum absolute atomic E-state index is 0.0270. The van der Waals surface area contributed by atoms with Gasteiger partial charge in [0.2, 0.25) is 5.79 Å². The topological polar surface area (TPSA) is 114 Å². The van der Waals surface area contributed by atoms with Crippen LogP contribution >= 0.6 is 0 Å². The van der Waals surface area contributed by atoms with Crippen molar-refractivity contribution in [2.75, 3.05) is 7.05 Å². The third-order valence-electron chi connectivity index (χ3n) is 4.84. The number of rotatable bonds is 5. The van der Waals surface area contributed by atoms with Crippen molar-refractivity contribution < 1.29 is 21.6 Å². The molecule has 8 nitrogen and oxygen atoms in total. The van der Waals surface area contributed by atoms with Gasteiger partial charge < -0.3 is 10.6 Å². The predicted molar refractivity (Wildman–Crippen MR) is 91.2 cm³/mol. The minimum Gasteiger partial charge on any atom is -0.374 e. The van der Waals surface area contributed by atoms with E-state index in [-0.39, 0.29) is 17.3 Å². The Balaban J connectivity index is 1.76. The molecule has 27 heavy (non-hydrogen) atoms. The largest absolute Gasteiger partial charge is 0.421 e. The van der Waals surface area contributed by atoms with Crippen LogP contribution < -0.4 is 16.4 Å². The zero-order chi connectivity index (χ0) is 19.6. The predicted octanol–water partition coefficient (Wildman–Crippen LogP) is 0.837. The highest BCUT2D eigenvalue weighted by Gasteiger charge is 2.46. The molecule has 2 saturated carbocycles. The second kappa shape index (κ2) is 5.71. The highest BCUT2D eigenvalue weighted by Crippen LogP contribution is 2.44. The molecule has 1 unspecified atom stereocenters. The maximum absolute atomic E-state index is 13.1. The molecule has 1 aliphatic heterocycles. The van der Waals surface area contributed by atoms with Crippen LogP contribution in [-0.2, 0) is 15.8 Å². The second-order valence-corrected chi connectivity index (χ2v) is 9.08. The summed E-state index contributed by atoms with van der Waals surface area (Å²) in [5, 5.41) is 8.76. The molecule has 1 aromatic rings. The molecule has 0 aromatic carbocycles. The van der Waals surface area contributed by atoms with Crippen LogP contribution in [-0.4, -0.2) is 42.3 Å². The van der Waals surface area contributed by atoms with E-state index in [2.05, 4.69) is 20.7 Å². The van der Waals surface area contributed by atoms with Crippen LogP contribution in [0.3, 0.4) is 0 Å². The number of nitrogens with one attached hydrogen (secondary N) is 2. The number of nitrogens with two attached hydrogens (primary N) is 1. The lowest BCUT2D eigenvalue weighted by molar-refractivity contribution is -0.0875. The van der Waals surface area contributed by atoms with Crippen molar-refractivity contribution in [1.29, 1.82) is 0 Å². The molecule has 1 atom stereocenters. The first-order chi connectivity index (χ1) is 12.6. The Hall–Kier alpha value is -2.08. The molecule has 4 rings (SSSR count). The molecule has 0 radical (unpaired) electrons. The summed E-state index contributed by atoms with van der Waals surface area (Å²) >= 11 is 0. The lowest BCUT2D eigenvalue weighted by Gasteiger charge is -2.33. The number of nitrogens with zero attached hydrogens (tertiary/aromatic N) is 3. The fraction of sp³-hybridized carbons (Fsp3) is 0.600. The molecule has 3 aliphatic rings. The van der Waals surface area contributed by atoms with Crippen LogP contribution in [0.5, 0.6) is 0 Å². The normalized spacial score (nSPS) is 26.3. The van der Waals surface area contributed by atoms with Crippen molar-refractivity contribution in [2.45, 2.75) is 48.8 Å². The zero-order valence-electron chi connectivity index (χ0n) is 14.4. The van der Waals surface area contributed by atoms with Crippen molar-refractivity contribution in [3.05, 3.63) is 28.8 Å². The summed E-state index contributed by atoms with van der Waals surface area (Å²) in [6, 6.07) is 0. The molecule has 0 saturated heterocycles. The summed E-state index contributed by atoms with van der Waals surface area (Å²) in [6.07, 6.45) is 0.0912. The Kier molecular flexibility index (Phi) is 3.87. The lowest BCUT2D eigenvalue weighted by Crippen LogP contribution is -2.54. The fourth-order valence-electron chi connectivity index (χ4n) is 3.04. The lowest BCUT2D eigenvalue weighted by atomic mass is 10.0. The number of aliphatic imine (C=N–C) groups is 1. The monoisotopic (exact) mass is 404 g/mol. The molecule has 0 spiro atoms. The van der Waals surface area contributed by atoms with Crippen molar-refractivity contribution >= 4 is 16.2 Å². The Labute approximate surface area is 153 Å². The van der Waals surface area contributed by atoms with E-state index in [0.717, 1.165) is 16.9 Å². The summed E-state index contributed by atoms with van der Waals surface area (Å²) in [6.45, 7) is 0. The molecular formula is C15H19F3N6O2S. The van der Waals surface area contributed by atoms with E-state index >= 15 is 0 Å². The number of hydrogen-bond donors (Lipinski definition) is 3. The van der Waals surface area contributed by atoms with Gasteiger partial charge in [0.15, 0.2) is 0 Å². The van der Waals surface area contributed by atoms with E-state index in [1.165, 1.54) is 13.2 Å². The molecule has 0 amide bonds. The van der Waals surface area contributed by atoms with Gasteiger partial charge in [0.05, 0.1) is 22.7 Å². The van der Waals surface area contributed by atoms with Gasteiger partial charge in [-0.3, -0.25) is 5.73 Å². The van der Waals surface area contributed by atoms with Crippen LogP contribution in [0.2, 0.25) is 0 Å². The maximum atomic E-state index is 13.1. The number of halogens is 3. The third kappa shape index (κ3) is 3.10. The van der Waals surface area contributed by atoms with Crippen molar-refractivity contribution in [3.8, 4) is 0 Å². The summed E-state index contributed by atoms with van der Waals surface area (Å²) in [4.78, 5) is 3.88. The van der Waals surface area contributed by atoms with E-state index in [9.17, 15) is 21.6 Å². The quantitative estimate of drug-likeness (QED) is 0.670. The van der Waals surface area contributed by atoms with Crippen LogP contribution in [0.25, 0.3) is 0 Å². The molecule has 4 N–H and O–H groups in total. The summed E-state index contributed by atoms with van der Waals surface area (Å²) in [5.74, 6) is -2.05. The highest BCUT2D eigenvalue weighted by molar-refractivity contribution is 7.90. The van der Waals surface area contributed by atoms with Crippen LogP contribution in [0.4, 0.5) is 13.2 Å². The van der Waals surface area contributed by atoms with Gasteiger partial charge in [0.25, 0.3) is 10.0 Å². The molecule has 12 heteroatoms. The van der Waals surface area contributed by atoms with Crippen LogP contribution in [0.15, 0.2) is 22.6 Å². The van der Waals surface area contributed by atoms with Crippen molar-refractivity contribution in [2.24, 2.45) is 10.7 Å². The van der Waals surface area contributed by atoms with E-state index < -0.39 is 32.8 Å². The molecule has 0 bridgehead atoms. The van der Waals surface area contributed by atoms with Gasteiger partial charge in [0.1, 0.15) is 11.4 Å². The minimum atomic E-state index is -4.62. The summed E-state index contributed by atoms with van der Waals surface area (Å²) in [5.41, 5.74) is 6.00. The van der Waals surface area contributed by atoms with Gasteiger partial charge in [-0.1, -0.05) is 0 Å². The van der Waals surface area contributed by atoms with Crippen molar-refractivity contribution in [1.82, 2.24) is 19.8 Å². The van der Waals surface area contributed by atoms with Gasteiger partial charge in [-0.05, 0) is 25.7 Å². The summed E-state index contributed by atoms with van der Waals surface area (Å²) in [7, 11) is -2.30. The van der Waals surface area contributed by atoms with E-state index in [0.29, 0.717) is 24.8 Å². The Morgan fingerprint density at radius 2 is 2.00 bits per heavy atom.